The van der Waals surface area contributed by atoms with Crippen LogP contribution >= 0.6 is 0 Å². The van der Waals surface area contributed by atoms with Crippen LogP contribution in [0.15, 0.2) is 28.9 Å². The molecular weight excluding hydrogens is 246 g/mol. The van der Waals surface area contributed by atoms with Crippen molar-refractivity contribution < 1.29 is 14.1 Å². The van der Waals surface area contributed by atoms with Gasteiger partial charge in [0.15, 0.2) is 0 Å². The van der Waals surface area contributed by atoms with Crippen molar-refractivity contribution in [3.05, 3.63) is 30.3 Å². The smallest absolute Gasteiger partial charge is 0.318 e. The molecule has 0 amide bonds. The Kier molecular flexibility index (Phi) is 4.22. The number of pyridine rings is 1. The number of aromatic nitrogens is 3. The predicted molar refractivity (Wildman–Crippen MR) is 67.2 cm³/mol. The monoisotopic (exact) mass is 261 g/mol. The van der Waals surface area contributed by atoms with Crippen molar-refractivity contribution in [2.75, 3.05) is 6.61 Å². The molecule has 0 aliphatic heterocycles. The molecule has 1 unspecified atom stereocenters. The number of hydrogen-bond donors (Lipinski definition) is 0. The van der Waals surface area contributed by atoms with E-state index in [1.54, 1.807) is 25.3 Å². The summed E-state index contributed by atoms with van der Waals surface area (Å²) in [5.41, 5.74) is 0.608. The van der Waals surface area contributed by atoms with Crippen LogP contribution in [-0.4, -0.2) is 27.7 Å². The van der Waals surface area contributed by atoms with Gasteiger partial charge in [0, 0.05) is 6.20 Å². The average molecular weight is 261 g/mol. The fourth-order valence-corrected chi connectivity index (χ4v) is 1.66. The number of ether oxygens (including phenoxy) is 1. The molecule has 6 nitrogen and oxygen atoms in total. The molecule has 0 aromatic carbocycles. The van der Waals surface area contributed by atoms with Gasteiger partial charge in [-0.15, -0.1) is 0 Å². The van der Waals surface area contributed by atoms with Gasteiger partial charge in [-0.3, -0.25) is 9.78 Å². The van der Waals surface area contributed by atoms with Gasteiger partial charge in [-0.1, -0.05) is 18.1 Å². The van der Waals surface area contributed by atoms with Gasteiger partial charge in [0.1, 0.15) is 11.6 Å². The van der Waals surface area contributed by atoms with Crippen molar-refractivity contribution in [3.63, 3.8) is 0 Å². The minimum absolute atomic E-state index is 0.265. The molecule has 0 aliphatic rings. The van der Waals surface area contributed by atoms with E-state index in [1.165, 1.54) is 0 Å². The van der Waals surface area contributed by atoms with Crippen LogP contribution < -0.4 is 0 Å². The summed E-state index contributed by atoms with van der Waals surface area (Å²) >= 11 is 0. The van der Waals surface area contributed by atoms with E-state index in [9.17, 15) is 4.79 Å². The van der Waals surface area contributed by atoms with Crippen molar-refractivity contribution in [1.82, 2.24) is 15.1 Å². The van der Waals surface area contributed by atoms with E-state index in [0.29, 0.717) is 24.5 Å². The highest BCUT2D eigenvalue weighted by atomic mass is 16.5. The lowest BCUT2D eigenvalue weighted by atomic mass is 10.1. The van der Waals surface area contributed by atoms with Gasteiger partial charge in [0.2, 0.25) is 11.7 Å². The van der Waals surface area contributed by atoms with E-state index in [2.05, 4.69) is 15.1 Å². The fourth-order valence-electron chi connectivity index (χ4n) is 1.66. The average Bonchev–Trinajstić information content (AvgIpc) is 2.90. The van der Waals surface area contributed by atoms with E-state index in [1.807, 2.05) is 13.0 Å². The number of carbonyl (C=O) groups excluding carboxylic acids is 1. The van der Waals surface area contributed by atoms with Crippen molar-refractivity contribution >= 4 is 5.97 Å². The van der Waals surface area contributed by atoms with Gasteiger partial charge >= 0.3 is 5.97 Å². The zero-order chi connectivity index (χ0) is 13.7. The van der Waals surface area contributed by atoms with Crippen molar-refractivity contribution in [3.8, 4) is 11.5 Å². The summed E-state index contributed by atoms with van der Waals surface area (Å²) in [7, 11) is 0. The Balaban J connectivity index is 2.22. The molecule has 100 valence electrons. The zero-order valence-electron chi connectivity index (χ0n) is 10.9. The summed E-state index contributed by atoms with van der Waals surface area (Å²) in [6.45, 7) is 3.96. The van der Waals surface area contributed by atoms with E-state index in [-0.39, 0.29) is 11.9 Å². The number of nitrogens with zero attached hydrogens (tertiary/aromatic N) is 3. The van der Waals surface area contributed by atoms with Gasteiger partial charge in [-0.05, 0) is 25.5 Å². The number of esters is 1. The van der Waals surface area contributed by atoms with Gasteiger partial charge in [-0.2, -0.15) is 4.98 Å². The normalized spacial score (nSPS) is 12.1. The van der Waals surface area contributed by atoms with Crippen LogP contribution in [0.25, 0.3) is 11.5 Å². The summed E-state index contributed by atoms with van der Waals surface area (Å²) in [6.07, 6.45) is 2.19. The maximum Gasteiger partial charge on any atom is 0.318 e. The first-order valence-electron chi connectivity index (χ1n) is 6.17. The Hall–Kier alpha value is -2.24. The molecule has 2 heterocycles. The minimum atomic E-state index is -0.523. The molecule has 0 bridgehead atoms. The lowest BCUT2D eigenvalue weighted by Gasteiger charge is -2.08. The Bertz CT molecular complexity index is 539. The van der Waals surface area contributed by atoms with Crippen LogP contribution in [0.3, 0.4) is 0 Å². The molecule has 2 aromatic rings. The zero-order valence-corrected chi connectivity index (χ0v) is 10.9. The largest absolute Gasteiger partial charge is 0.465 e. The first-order chi connectivity index (χ1) is 9.26. The highest BCUT2D eigenvalue weighted by molar-refractivity contribution is 5.76. The standard InChI is InChI=1S/C13H15N3O3/c1-3-9(13(17)18-4-2)12-15-11(16-19-12)10-7-5-6-8-14-10/h5-9H,3-4H2,1-2H3. The first kappa shape index (κ1) is 13.2. The number of hydrogen-bond acceptors (Lipinski definition) is 6. The second-order valence-electron chi connectivity index (χ2n) is 3.88. The molecule has 2 rings (SSSR count). The maximum atomic E-state index is 11.8. The van der Waals surface area contributed by atoms with E-state index >= 15 is 0 Å². The third kappa shape index (κ3) is 2.96. The Morgan fingerprint density at radius 3 is 2.89 bits per heavy atom. The van der Waals surface area contributed by atoms with Gasteiger partial charge in [-0.25, -0.2) is 0 Å². The summed E-state index contributed by atoms with van der Waals surface area (Å²) in [4.78, 5) is 20.1. The van der Waals surface area contributed by atoms with Crippen LogP contribution in [0.1, 0.15) is 32.1 Å². The second kappa shape index (κ2) is 6.08. The molecule has 0 spiro atoms. The molecule has 6 heteroatoms. The molecule has 0 saturated heterocycles. The van der Waals surface area contributed by atoms with Crippen LogP contribution in [0.2, 0.25) is 0 Å². The lowest BCUT2D eigenvalue weighted by Crippen LogP contribution is -2.15. The van der Waals surface area contributed by atoms with E-state index < -0.39 is 5.92 Å². The fraction of sp³-hybridized carbons (Fsp3) is 0.385. The van der Waals surface area contributed by atoms with Crippen LogP contribution in [0.4, 0.5) is 0 Å². The number of rotatable bonds is 5. The first-order valence-corrected chi connectivity index (χ1v) is 6.17. The summed E-state index contributed by atoms with van der Waals surface area (Å²) in [6, 6.07) is 5.42. The summed E-state index contributed by atoms with van der Waals surface area (Å²) in [5, 5.41) is 3.84. The third-order valence-corrected chi connectivity index (χ3v) is 2.61. The van der Waals surface area contributed by atoms with Crippen molar-refractivity contribution in [2.24, 2.45) is 0 Å². The minimum Gasteiger partial charge on any atom is -0.465 e. The predicted octanol–water partition coefficient (Wildman–Crippen LogP) is 2.19. The summed E-state index contributed by atoms with van der Waals surface area (Å²) in [5.74, 6) is -0.230. The highest BCUT2D eigenvalue weighted by Gasteiger charge is 2.26. The Morgan fingerprint density at radius 2 is 2.26 bits per heavy atom. The van der Waals surface area contributed by atoms with E-state index in [4.69, 9.17) is 9.26 Å². The molecule has 0 aliphatic carbocycles. The molecule has 0 fully saturated rings. The van der Waals surface area contributed by atoms with Crippen LogP contribution in [-0.2, 0) is 9.53 Å². The molecule has 19 heavy (non-hydrogen) atoms. The van der Waals surface area contributed by atoms with Crippen molar-refractivity contribution in [1.29, 1.82) is 0 Å². The lowest BCUT2D eigenvalue weighted by molar-refractivity contribution is -0.145. The molecule has 2 aromatic heterocycles. The van der Waals surface area contributed by atoms with Crippen LogP contribution in [0, 0.1) is 0 Å². The molecule has 0 N–H and O–H groups in total. The molecule has 0 saturated carbocycles. The SMILES string of the molecule is CCOC(=O)C(CC)c1nc(-c2ccccn2)no1. The maximum absolute atomic E-state index is 11.8. The highest BCUT2D eigenvalue weighted by Crippen LogP contribution is 2.22. The van der Waals surface area contributed by atoms with Crippen molar-refractivity contribution in [2.45, 2.75) is 26.2 Å². The van der Waals surface area contributed by atoms with Gasteiger partial charge in [0.05, 0.1) is 6.61 Å². The Morgan fingerprint density at radius 1 is 1.42 bits per heavy atom. The second-order valence-corrected chi connectivity index (χ2v) is 3.88. The van der Waals surface area contributed by atoms with Crippen LogP contribution in [0.5, 0.6) is 0 Å². The molecule has 0 radical (unpaired) electrons. The third-order valence-electron chi connectivity index (χ3n) is 2.61. The van der Waals surface area contributed by atoms with Gasteiger partial charge < -0.3 is 9.26 Å². The Labute approximate surface area is 110 Å². The molecule has 1 atom stereocenters. The van der Waals surface area contributed by atoms with E-state index in [0.717, 1.165) is 0 Å². The topological polar surface area (TPSA) is 78.1 Å². The molecular formula is C13H15N3O3. The number of carbonyl (C=O) groups is 1. The van der Waals surface area contributed by atoms with Gasteiger partial charge in [0.25, 0.3) is 0 Å². The quantitative estimate of drug-likeness (QED) is 0.768. The summed E-state index contributed by atoms with van der Waals surface area (Å²) < 4.78 is 10.1.